The Balaban J connectivity index is 2.55. The summed E-state index contributed by atoms with van der Waals surface area (Å²) in [5.41, 5.74) is 6.25. The van der Waals surface area contributed by atoms with E-state index in [1.54, 1.807) is 13.1 Å². The number of anilines is 1. The topological polar surface area (TPSA) is 56.7 Å². The van der Waals surface area contributed by atoms with Gasteiger partial charge in [-0.1, -0.05) is 0 Å². The van der Waals surface area contributed by atoms with Crippen molar-refractivity contribution >= 4 is 5.82 Å². The zero-order valence-electron chi connectivity index (χ0n) is 7.61. The van der Waals surface area contributed by atoms with Crippen molar-refractivity contribution < 1.29 is 4.39 Å². The smallest absolute Gasteiger partial charge is 0.151 e. The van der Waals surface area contributed by atoms with E-state index >= 15 is 0 Å². The van der Waals surface area contributed by atoms with Gasteiger partial charge in [0.25, 0.3) is 0 Å². The normalized spacial score (nSPS) is 10.4. The second kappa shape index (κ2) is 3.10. The van der Waals surface area contributed by atoms with Gasteiger partial charge in [-0.15, -0.1) is 0 Å². The van der Waals surface area contributed by atoms with Crippen molar-refractivity contribution in [1.29, 1.82) is 0 Å². The van der Waals surface area contributed by atoms with Gasteiger partial charge in [-0.3, -0.25) is 9.67 Å². The molecule has 0 atom stereocenters. The third-order valence-corrected chi connectivity index (χ3v) is 1.92. The zero-order chi connectivity index (χ0) is 10.1. The standard InChI is InChI=1S/C9H9FN4/c1-14-8(11)5-7(13-14)9-6(10)3-2-4-12-9/h2-5H,11H2,1H3. The third kappa shape index (κ3) is 1.32. The summed E-state index contributed by atoms with van der Waals surface area (Å²) in [7, 11) is 1.69. The van der Waals surface area contributed by atoms with Gasteiger partial charge in [-0.05, 0) is 12.1 Å². The highest BCUT2D eigenvalue weighted by Gasteiger charge is 2.10. The van der Waals surface area contributed by atoms with Gasteiger partial charge in [0, 0.05) is 19.3 Å². The predicted octanol–water partition coefficient (Wildman–Crippen LogP) is 1.20. The SMILES string of the molecule is Cn1nc(-c2ncccc2F)cc1N. The van der Waals surface area contributed by atoms with Crippen molar-refractivity contribution in [3.05, 3.63) is 30.2 Å². The first-order valence-electron chi connectivity index (χ1n) is 4.09. The van der Waals surface area contributed by atoms with E-state index in [-0.39, 0.29) is 5.69 Å². The molecule has 2 aromatic rings. The zero-order valence-corrected chi connectivity index (χ0v) is 7.61. The number of aromatic nitrogens is 3. The van der Waals surface area contributed by atoms with E-state index in [2.05, 4.69) is 10.1 Å². The molecule has 0 aliphatic carbocycles. The Kier molecular flexibility index (Phi) is 1.92. The largest absolute Gasteiger partial charge is 0.384 e. The highest BCUT2D eigenvalue weighted by Crippen LogP contribution is 2.19. The molecule has 5 heteroatoms. The van der Waals surface area contributed by atoms with E-state index in [0.717, 1.165) is 0 Å². The molecule has 4 nitrogen and oxygen atoms in total. The Labute approximate surface area is 80.2 Å². The van der Waals surface area contributed by atoms with E-state index in [9.17, 15) is 4.39 Å². The highest BCUT2D eigenvalue weighted by molar-refractivity contribution is 5.58. The van der Waals surface area contributed by atoms with Crippen LogP contribution < -0.4 is 5.73 Å². The molecule has 0 amide bonds. The molecular weight excluding hydrogens is 183 g/mol. The number of hydrogen-bond acceptors (Lipinski definition) is 3. The summed E-state index contributed by atoms with van der Waals surface area (Å²) in [5.74, 6) is 0.0793. The van der Waals surface area contributed by atoms with Gasteiger partial charge in [-0.25, -0.2) is 4.39 Å². The van der Waals surface area contributed by atoms with Crippen molar-refractivity contribution in [2.24, 2.45) is 7.05 Å². The summed E-state index contributed by atoms with van der Waals surface area (Å²) >= 11 is 0. The summed E-state index contributed by atoms with van der Waals surface area (Å²) in [4.78, 5) is 3.90. The molecule has 0 unspecified atom stereocenters. The number of aryl methyl sites for hydroxylation is 1. The van der Waals surface area contributed by atoms with Crippen LogP contribution in [0.1, 0.15) is 0 Å². The van der Waals surface area contributed by atoms with Crippen LogP contribution >= 0.6 is 0 Å². The first kappa shape index (κ1) is 8.68. The van der Waals surface area contributed by atoms with Crippen molar-refractivity contribution in [2.75, 3.05) is 5.73 Å². The van der Waals surface area contributed by atoms with Gasteiger partial charge in [-0.2, -0.15) is 5.10 Å². The maximum absolute atomic E-state index is 13.3. The summed E-state index contributed by atoms with van der Waals surface area (Å²) in [6.07, 6.45) is 1.52. The quantitative estimate of drug-likeness (QED) is 0.738. The second-order valence-corrected chi connectivity index (χ2v) is 2.91. The van der Waals surface area contributed by atoms with Crippen molar-refractivity contribution in [3.8, 4) is 11.4 Å². The van der Waals surface area contributed by atoms with Gasteiger partial charge in [0.2, 0.25) is 0 Å². The van der Waals surface area contributed by atoms with Crippen LogP contribution in [-0.4, -0.2) is 14.8 Å². The lowest BCUT2D eigenvalue weighted by Crippen LogP contribution is -1.97. The molecule has 0 saturated heterocycles. The van der Waals surface area contributed by atoms with Crippen LogP contribution in [0.3, 0.4) is 0 Å². The first-order valence-corrected chi connectivity index (χ1v) is 4.09. The molecule has 2 N–H and O–H groups in total. The molecule has 0 bridgehead atoms. The van der Waals surface area contributed by atoms with Crippen LogP contribution in [0.25, 0.3) is 11.4 Å². The van der Waals surface area contributed by atoms with Crippen molar-refractivity contribution in [2.45, 2.75) is 0 Å². The lowest BCUT2D eigenvalue weighted by Gasteiger charge is -1.95. The molecule has 0 radical (unpaired) electrons. The Morgan fingerprint density at radius 2 is 2.29 bits per heavy atom. The molecule has 0 fully saturated rings. The van der Waals surface area contributed by atoms with Crippen LogP contribution in [0.2, 0.25) is 0 Å². The molecule has 2 rings (SSSR count). The Morgan fingerprint density at radius 1 is 1.50 bits per heavy atom. The van der Waals surface area contributed by atoms with Crippen molar-refractivity contribution in [3.63, 3.8) is 0 Å². The lowest BCUT2D eigenvalue weighted by atomic mass is 10.2. The van der Waals surface area contributed by atoms with E-state index in [0.29, 0.717) is 11.5 Å². The Hall–Kier alpha value is -1.91. The molecular formula is C9H9FN4. The molecule has 0 spiro atoms. The molecule has 72 valence electrons. The fraction of sp³-hybridized carbons (Fsp3) is 0.111. The molecule has 0 aliphatic rings. The van der Waals surface area contributed by atoms with Gasteiger partial charge in [0.1, 0.15) is 17.2 Å². The second-order valence-electron chi connectivity index (χ2n) is 2.91. The Bertz CT molecular complexity index is 444. The van der Waals surface area contributed by atoms with Gasteiger partial charge < -0.3 is 5.73 Å². The number of nitrogens with two attached hydrogens (primary N) is 1. The summed E-state index contributed by atoms with van der Waals surface area (Å²) in [5, 5.41) is 4.03. The minimum absolute atomic E-state index is 0.222. The molecule has 2 aromatic heterocycles. The van der Waals surface area contributed by atoms with Crippen molar-refractivity contribution in [1.82, 2.24) is 14.8 Å². The molecule has 14 heavy (non-hydrogen) atoms. The minimum atomic E-state index is -0.398. The fourth-order valence-corrected chi connectivity index (χ4v) is 1.17. The van der Waals surface area contributed by atoms with E-state index in [1.165, 1.54) is 23.0 Å². The van der Waals surface area contributed by atoms with E-state index < -0.39 is 5.82 Å². The average Bonchev–Trinajstić information content (AvgIpc) is 2.48. The van der Waals surface area contributed by atoms with Crippen LogP contribution in [0.15, 0.2) is 24.4 Å². The van der Waals surface area contributed by atoms with Crippen LogP contribution in [-0.2, 0) is 7.05 Å². The van der Waals surface area contributed by atoms with Crippen LogP contribution in [0.5, 0.6) is 0 Å². The van der Waals surface area contributed by atoms with E-state index in [1.807, 2.05) is 0 Å². The third-order valence-electron chi connectivity index (χ3n) is 1.92. The number of hydrogen-bond donors (Lipinski definition) is 1. The summed E-state index contributed by atoms with van der Waals surface area (Å²) in [6.45, 7) is 0. The number of nitrogens with zero attached hydrogens (tertiary/aromatic N) is 3. The summed E-state index contributed by atoms with van der Waals surface area (Å²) < 4.78 is 14.7. The average molecular weight is 192 g/mol. The molecule has 2 heterocycles. The monoisotopic (exact) mass is 192 g/mol. The number of rotatable bonds is 1. The molecule has 0 aliphatic heterocycles. The summed E-state index contributed by atoms with van der Waals surface area (Å²) in [6, 6.07) is 4.46. The van der Waals surface area contributed by atoms with Gasteiger partial charge in [0.15, 0.2) is 5.82 Å². The first-order chi connectivity index (χ1) is 6.68. The number of pyridine rings is 1. The number of halogens is 1. The molecule has 0 saturated carbocycles. The number of nitrogen functional groups attached to an aromatic ring is 1. The van der Waals surface area contributed by atoms with Crippen LogP contribution in [0.4, 0.5) is 10.2 Å². The Morgan fingerprint density at radius 3 is 2.86 bits per heavy atom. The highest BCUT2D eigenvalue weighted by atomic mass is 19.1. The minimum Gasteiger partial charge on any atom is -0.384 e. The van der Waals surface area contributed by atoms with Crippen LogP contribution in [0, 0.1) is 5.82 Å². The lowest BCUT2D eigenvalue weighted by molar-refractivity contribution is 0.624. The molecule has 0 aromatic carbocycles. The van der Waals surface area contributed by atoms with Gasteiger partial charge >= 0.3 is 0 Å². The van der Waals surface area contributed by atoms with E-state index in [4.69, 9.17) is 5.73 Å². The fourth-order valence-electron chi connectivity index (χ4n) is 1.17. The predicted molar refractivity (Wildman–Crippen MR) is 50.8 cm³/mol. The van der Waals surface area contributed by atoms with Gasteiger partial charge in [0.05, 0.1) is 0 Å². The maximum atomic E-state index is 13.3. The maximum Gasteiger partial charge on any atom is 0.151 e.